The summed E-state index contributed by atoms with van der Waals surface area (Å²) in [5, 5.41) is 46.4. The molecule has 67 heavy (non-hydrogen) atoms. The van der Waals surface area contributed by atoms with Gasteiger partial charge in [-0.25, -0.2) is 9.78 Å². The molecule has 0 aliphatic heterocycles. The van der Waals surface area contributed by atoms with Crippen molar-refractivity contribution in [1.82, 2.24) is 41.9 Å². The van der Waals surface area contributed by atoms with Gasteiger partial charge in [0.05, 0.1) is 18.1 Å². The number of aromatic nitrogens is 2. The predicted octanol–water partition coefficient (Wildman–Crippen LogP) is 0.638. The van der Waals surface area contributed by atoms with E-state index in [9.17, 15) is 43.8 Å². The summed E-state index contributed by atoms with van der Waals surface area (Å²) in [7, 11) is 0. The molecule has 0 bridgehead atoms. The van der Waals surface area contributed by atoms with Crippen LogP contribution in [0, 0.1) is 5.41 Å². The molecule has 1 aromatic heterocycles. The van der Waals surface area contributed by atoms with Crippen molar-refractivity contribution in [1.29, 1.82) is 5.41 Å². The van der Waals surface area contributed by atoms with Crippen molar-refractivity contribution in [2.75, 3.05) is 12.3 Å². The fourth-order valence-electron chi connectivity index (χ4n) is 7.22. The number of carboxylic acid groups (broad SMARTS) is 2. The van der Waals surface area contributed by atoms with E-state index >= 15 is 0 Å². The fourth-order valence-corrected chi connectivity index (χ4v) is 7.38. The maximum absolute atomic E-state index is 14.6. The number of hydrogen-bond acceptors (Lipinski definition) is 11. The number of nitrogens with two attached hydrogens (primary N) is 2. The number of carbonyl (C=O) groups is 7. The molecule has 6 atom stereocenters. The van der Waals surface area contributed by atoms with Gasteiger partial charge in [0.15, 0.2) is 5.96 Å². The van der Waals surface area contributed by atoms with Crippen LogP contribution in [-0.2, 0) is 52.8 Å². The first-order chi connectivity index (χ1) is 32.1. The average molecular weight is 938 g/mol. The summed E-state index contributed by atoms with van der Waals surface area (Å²) in [5.74, 6) is -7.18. The summed E-state index contributed by atoms with van der Waals surface area (Å²) in [5.41, 5.74) is 12.8. The Kier molecular flexibility index (Phi) is 18.6. The van der Waals surface area contributed by atoms with Crippen LogP contribution < -0.4 is 43.4 Å². The third kappa shape index (κ3) is 15.6. The summed E-state index contributed by atoms with van der Waals surface area (Å²) in [4.78, 5) is 101. The molecule has 0 spiro atoms. The molecule has 0 unspecified atom stereocenters. The van der Waals surface area contributed by atoms with E-state index < -0.39 is 84.1 Å². The van der Waals surface area contributed by atoms with Crippen molar-refractivity contribution in [2.24, 2.45) is 11.5 Å². The van der Waals surface area contributed by atoms with Crippen molar-refractivity contribution >= 4 is 81.6 Å². The lowest BCUT2D eigenvalue weighted by atomic mass is 9.99. The van der Waals surface area contributed by atoms with Gasteiger partial charge in [0.2, 0.25) is 29.5 Å². The first kappa shape index (κ1) is 50.5. The van der Waals surface area contributed by atoms with E-state index in [0.717, 1.165) is 21.5 Å². The average Bonchev–Trinajstić information content (AvgIpc) is 3.83. The Balaban J connectivity index is 1.43. The van der Waals surface area contributed by atoms with E-state index in [1.165, 1.54) is 12.5 Å². The van der Waals surface area contributed by atoms with Crippen LogP contribution >= 0.6 is 12.6 Å². The Labute approximate surface area is 390 Å². The van der Waals surface area contributed by atoms with Crippen molar-refractivity contribution < 1.29 is 43.8 Å². The molecule has 1 heterocycles. The second kappa shape index (κ2) is 24.7. The number of carboxylic acids is 2. The number of benzene rings is 4. The highest BCUT2D eigenvalue weighted by Gasteiger charge is 2.34. The minimum absolute atomic E-state index is 0.0467. The largest absolute Gasteiger partial charge is 0.481 e. The number of nitrogens with one attached hydrogen (secondary N) is 8. The van der Waals surface area contributed by atoms with Crippen LogP contribution in [0.3, 0.4) is 0 Å². The Morgan fingerprint density at radius 3 is 1.63 bits per heavy atom. The lowest BCUT2D eigenvalue weighted by Crippen LogP contribution is -2.60. The first-order valence-corrected chi connectivity index (χ1v) is 22.1. The van der Waals surface area contributed by atoms with Crippen LogP contribution in [0.15, 0.2) is 97.5 Å². The van der Waals surface area contributed by atoms with Crippen LogP contribution in [0.25, 0.3) is 21.5 Å². The van der Waals surface area contributed by atoms with E-state index in [-0.39, 0.29) is 56.8 Å². The van der Waals surface area contributed by atoms with Crippen molar-refractivity contribution in [3.8, 4) is 0 Å². The third-order valence-electron chi connectivity index (χ3n) is 10.8. The number of aliphatic carboxylic acids is 2. The smallest absolute Gasteiger partial charge is 0.326 e. The quantitative estimate of drug-likeness (QED) is 0.0166. The number of carbonyl (C=O) groups excluding carboxylic acids is 5. The maximum Gasteiger partial charge on any atom is 0.326 e. The van der Waals surface area contributed by atoms with Gasteiger partial charge in [-0.2, -0.15) is 12.6 Å². The molecule has 5 rings (SSSR count). The molecule has 0 radical (unpaired) electrons. The van der Waals surface area contributed by atoms with Crippen LogP contribution in [0.5, 0.6) is 0 Å². The van der Waals surface area contributed by atoms with E-state index in [1.807, 2.05) is 72.8 Å². The summed E-state index contributed by atoms with van der Waals surface area (Å²) < 4.78 is 0. The molecule has 5 amide bonds. The second-order valence-corrected chi connectivity index (χ2v) is 16.2. The Bertz CT molecular complexity index is 2560. The first-order valence-electron chi connectivity index (χ1n) is 21.4. The number of hydrogen-bond donors (Lipinski definition) is 13. The summed E-state index contributed by atoms with van der Waals surface area (Å²) in [6.45, 7) is 0.134. The molecule has 5 aromatic rings. The zero-order valence-electron chi connectivity index (χ0n) is 36.4. The second-order valence-electron chi connectivity index (χ2n) is 15.9. The molecule has 14 N–H and O–H groups in total. The zero-order valence-corrected chi connectivity index (χ0v) is 37.3. The predicted molar refractivity (Wildman–Crippen MR) is 253 cm³/mol. The number of amides is 5. The standard InChI is InChI=1S/C46H55N11O9S/c47-33(24-67)40(60)53-35(15-16-39(58)59)42(62)56-37(22-32-23-50-25-52-32)44(64)55-36(20-26-11-13-28-6-1-3-8-30(28)18-26)43(63)54-34(10-5-17-51-46(48)49)41(61)57-38(45(65)66)21-27-12-14-29-7-2-4-9-31(29)19-27/h1-4,6-9,11-14,18-19,23,25,33-38,67H,5,10,15-17,20-22,24,47H2,(H,50,52)(H,53,60)(H,54,63)(H,55,64)(H,56,62)(H,57,61)(H,58,59)(H,65,66)(H4,48,49,51)/t33-,34-,35-,36+,37-,38-/m0/s1. The SMILES string of the molecule is N=C(N)NCCC[C@H](NC(=O)[C@@H](Cc1ccc2ccccc2c1)NC(=O)[C@H](Cc1c[nH]cn1)NC(=O)[C@H](CCC(=O)O)NC(=O)[C@@H](N)CS)C(=O)N[C@@H](Cc1ccc2ccccc2c1)C(=O)O. The van der Waals surface area contributed by atoms with Crippen LogP contribution in [-0.4, -0.2) is 116 Å². The van der Waals surface area contributed by atoms with E-state index in [1.54, 1.807) is 12.1 Å². The number of nitrogens with zero attached hydrogens (tertiary/aromatic N) is 1. The Hall–Kier alpha value is -7.52. The number of fused-ring (bicyclic) bond motifs is 2. The lowest BCUT2D eigenvalue weighted by molar-refractivity contribution is -0.142. The van der Waals surface area contributed by atoms with Crippen LogP contribution in [0.2, 0.25) is 0 Å². The molecule has 0 aliphatic rings. The van der Waals surface area contributed by atoms with Gasteiger partial charge in [-0.3, -0.25) is 34.2 Å². The van der Waals surface area contributed by atoms with E-state index in [4.69, 9.17) is 16.9 Å². The number of rotatable bonds is 25. The normalized spacial score (nSPS) is 13.8. The van der Waals surface area contributed by atoms with Gasteiger partial charge in [-0.1, -0.05) is 84.9 Å². The lowest BCUT2D eigenvalue weighted by Gasteiger charge is -2.27. The minimum atomic E-state index is -1.45. The molecule has 0 fully saturated rings. The number of aromatic amines is 1. The van der Waals surface area contributed by atoms with Crippen LogP contribution in [0.4, 0.5) is 0 Å². The number of guanidine groups is 1. The van der Waals surface area contributed by atoms with Gasteiger partial charge in [0.25, 0.3) is 0 Å². The van der Waals surface area contributed by atoms with Crippen molar-refractivity contribution in [3.05, 3.63) is 114 Å². The number of thiol groups is 1. The summed E-state index contributed by atoms with van der Waals surface area (Å²) >= 11 is 4.02. The molecule has 4 aromatic carbocycles. The molecule has 0 saturated carbocycles. The minimum Gasteiger partial charge on any atom is -0.481 e. The van der Waals surface area contributed by atoms with Gasteiger partial charge < -0.3 is 58.6 Å². The highest BCUT2D eigenvalue weighted by molar-refractivity contribution is 7.80. The Morgan fingerprint density at radius 2 is 1.12 bits per heavy atom. The highest BCUT2D eigenvalue weighted by Crippen LogP contribution is 2.19. The maximum atomic E-state index is 14.6. The van der Waals surface area contributed by atoms with Gasteiger partial charge >= 0.3 is 11.9 Å². The van der Waals surface area contributed by atoms with Gasteiger partial charge in [-0.05, 0) is 51.9 Å². The van der Waals surface area contributed by atoms with Gasteiger partial charge in [0, 0.05) is 44.2 Å². The third-order valence-corrected chi connectivity index (χ3v) is 11.2. The van der Waals surface area contributed by atoms with Crippen molar-refractivity contribution in [2.45, 2.75) is 81.2 Å². The summed E-state index contributed by atoms with van der Waals surface area (Å²) in [6, 6.07) is 17.7. The molecule has 354 valence electrons. The van der Waals surface area contributed by atoms with Gasteiger partial charge in [0.1, 0.15) is 30.2 Å². The van der Waals surface area contributed by atoms with E-state index in [2.05, 4.69) is 54.5 Å². The Morgan fingerprint density at radius 1 is 0.642 bits per heavy atom. The fraction of sp³-hybridized carbons (Fsp3) is 0.326. The summed E-state index contributed by atoms with van der Waals surface area (Å²) in [6.07, 6.45) is 1.69. The van der Waals surface area contributed by atoms with Gasteiger partial charge in [-0.15, -0.1) is 0 Å². The van der Waals surface area contributed by atoms with E-state index in [0.29, 0.717) is 16.8 Å². The van der Waals surface area contributed by atoms with Crippen LogP contribution in [0.1, 0.15) is 42.5 Å². The molecule has 0 saturated heterocycles. The highest BCUT2D eigenvalue weighted by atomic mass is 32.1. The zero-order chi connectivity index (χ0) is 48.5. The number of H-pyrrole nitrogens is 1. The topological polar surface area (TPSA) is 337 Å². The van der Waals surface area contributed by atoms with Crippen molar-refractivity contribution in [3.63, 3.8) is 0 Å². The number of imidazole rings is 1. The molecule has 0 aliphatic carbocycles. The molecular formula is C46H55N11O9S. The monoisotopic (exact) mass is 937 g/mol. The molecule has 21 heteroatoms. The molecular weight excluding hydrogens is 883 g/mol. The molecule has 20 nitrogen and oxygen atoms in total.